The lowest BCUT2D eigenvalue weighted by molar-refractivity contribution is -0.0329. The molecule has 0 rings (SSSR count). The van der Waals surface area contributed by atoms with Crippen molar-refractivity contribution in [2.45, 2.75) is 58.2 Å². The predicted octanol–water partition coefficient (Wildman–Crippen LogP) is 3.79. The molecule has 0 bridgehead atoms. The molecule has 0 heterocycles. The Kier molecular flexibility index (Phi) is 7.42. The first kappa shape index (κ1) is 18.4. The Hall–Kier alpha value is 0.400. The van der Waals surface area contributed by atoms with Crippen LogP contribution in [0.3, 0.4) is 0 Å². The van der Waals surface area contributed by atoms with E-state index in [2.05, 4.69) is 5.09 Å². The number of aliphatic hydroxyl groups is 1. The van der Waals surface area contributed by atoms with E-state index >= 15 is 0 Å². The molecule has 0 aromatic heterocycles. The van der Waals surface area contributed by atoms with Gasteiger partial charge in [-0.25, -0.2) is 0 Å². The fourth-order valence-corrected chi connectivity index (χ4v) is 2.43. The molecule has 0 aromatic carbocycles. The van der Waals surface area contributed by atoms with Crippen LogP contribution in [0.4, 0.5) is 0 Å². The Balaban J connectivity index is 3.86. The first-order valence-electron chi connectivity index (χ1n) is 6.36. The van der Waals surface area contributed by atoms with Crippen molar-refractivity contribution < 1.29 is 9.84 Å². The summed E-state index contributed by atoms with van der Waals surface area (Å²) in [5.41, 5.74) is -0.285. The maximum Gasteiger partial charge on any atom is 0.117 e. The maximum atomic E-state index is 8.87. The number of rotatable bonds is 8. The summed E-state index contributed by atoms with van der Waals surface area (Å²) in [7, 11) is 0. The monoisotopic (exact) mass is 298 g/mol. The molecule has 0 saturated heterocycles. The molecule has 0 radical (unpaired) electrons. The van der Waals surface area contributed by atoms with Gasteiger partial charge < -0.3 is 9.84 Å². The highest BCUT2D eigenvalue weighted by atomic mass is 35.7. The molecular weight excluding hydrogens is 271 g/mol. The first-order chi connectivity index (χ1) is 8.02. The quantitative estimate of drug-likeness (QED) is 0.472. The largest absolute Gasteiger partial charge is 0.396 e. The van der Waals surface area contributed by atoms with E-state index in [0.29, 0.717) is 19.6 Å². The summed E-state index contributed by atoms with van der Waals surface area (Å²) >= 11 is 6.22. The summed E-state index contributed by atoms with van der Waals surface area (Å²) in [5.74, 6) is 0. The summed E-state index contributed by atoms with van der Waals surface area (Å²) in [5, 5.41) is 19.9. The molecule has 0 spiro atoms. The third-order valence-corrected chi connectivity index (χ3v) is 7.17. The van der Waals surface area contributed by atoms with Crippen molar-refractivity contribution in [3.05, 3.63) is 0 Å². The molecule has 110 valence electrons. The van der Waals surface area contributed by atoms with Crippen LogP contribution in [-0.2, 0) is 4.74 Å². The molecule has 0 amide bonds. The molecular formula is C12H28ClN2O2P. The maximum absolute atomic E-state index is 8.87. The molecule has 1 unspecified atom stereocenters. The van der Waals surface area contributed by atoms with Crippen LogP contribution >= 0.6 is 17.8 Å². The van der Waals surface area contributed by atoms with Crippen LogP contribution in [-0.4, -0.2) is 35.6 Å². The zero-order valence-electron chi connectivity index (χ0n) is 12.2. The van der Waals surface area contributed by atoms with Crippen molar-refractivity contribution in [3.8, 4) is 0 Å². The summed E-state index contributed by atoms with van der Waals surface area (Å²) in [6.07, 6.45) is 1.45. The van der Waals surface area contributed by atoms with Gasteiger partial charge in [0.05, 0.1) is 5.60 Å². The SMILES string of the molecule is CC(C)(CCO)OCCCNP(=N)(Cl)C(C)(C)C. The van der Waals surface area contributed by atoms with Crippen LogP contribution in [0.5, 0.6) is 0 Å². The highest BCUT2D eigenvalue weighted by molar-refractivity contribution is 7.89. The fourth-order valence-electron chi connectivity index (χ4n) is 1.23. The Bertz CT molecular complexity index is 290. The third kappa shape index (κ3) is 7.10. The van der Waals surface area contributed by atoms with Crippen LogP contribution in [0.2, 0.25) is 0 Å². The topological polar surface area (TPSA) is 65.3 Å². The van der Waals surface area contributed by atoms with Crippen LogP contribution in [0.15, 0.2) is 0 Å². The summed E-state index contributed by atoms with van der Waals surface area (Å²) in [6, 6.07) is 0. The Morgan fingerprint density at radius 2 is 1.83 bits per heavy atom. The van der Waals surface area contributed by atoms with E-state index in [1.165, 1.54) is 0 Å². The molecule has 18 heavy (non-hydrogen) atoms. The van der Waals surface area contributed by atoms with Gasteiger partial charge in [-0.15, -0.1) is 0 Å². The lowest BCUT2D eigenvalue weighted by atomic mass is 10.1. The molecule has 0 aliphatic carbocycles. The second-order valence-electron chi connectivity index (χ2n) is 6.10. The van der Waals surface area contributed by atoms with Gasteiger partial charge in [-0.05, 0) is 26.7 Å². The molecule has 0 aromatic rings. The van der Waals surface area contributed by atoms with Crippen LogP contribution in [0.25, 0.3) is 0 Å². The molecule has 0 aliphatic rings. The minimum absolute atomic E-state index is 0.137. The van der Waals surface area contributed by atoms with E-state index in [0.717, 1.165) is 6.42 Å². The fraction of sp³-hybridized carbons (Fsp3) is 1.00. The number of halogens is 1. The van der Waals surface area contributed by atoms with E-state index in [1.807, 2.05) is 34.6 Å². The molecule has 4 nitrogen and oxygen atoms in total. The van der Waals surface area contributed by atoms with Gasteiger partial charge >= 0.3 is 0 Å². The van der Waals surface area contributed by atoms with Crippen molar-refractivity contribution >= 4 is 17.8 Å². The lowest BCUT2D eigenvalue weighted by Gasteiger charge is -2.30. The number of ether oxygens (including phenoxy) is 1. The molecule has 0 fully saturated rings. The van der Waals surface area contributed by atoms with Gasteiger partial charge in [0, 0.05) is 24.9 Å². The minimum Gasteiger partial charge on any atom is -0.396 e. The van der Waals surface area contributed by atoms with Crippen LogP contribution in [0.1, 0.15) is 47.5 Å². The zero-order chi connectivity index (χ0) is 14.4. The average molecular weight is 299 g/mol. The summed E-state index contributed by atoms with van der Waals surface area (Å²) in [6.45, 7) is 8.97. The Labute approximate surface area is 116 Å². The van der Waals surface area contributed by atoms with Crippen molar-refractivity contribution in [3.63, 3.8) is 0 Å². The highest BCUT2D eigenvalue weighted by Crippen LogP contribution is 2.59. The van der Waals surface area contributed by atoms with E-state index in [4.69, 9.17) is 26.2 Å². The Morgan fingerprint density at radius 3 is 2.28 bits per heavy atom. The van der Waals surface area contributed by atoms with Crippen LogP contribution in [0, 0.1) is 5.16 Å². The summed E-state index contributed by atoms with van der Waals surface area (Å²) in [4.78, 5) is 0. The smallest absolute Gasteiger partial charge is 0.117 e. The molecule has 3 N–H and O–H groups in total. The number of hydrogen-bond donors (Lipinski definition) is 3. The van der Waals surface area contributed by atoms with Gasteiger partial charge in [0.1, 0.15) is 6.56 Å². The second-order valence-corrected chi connectivity index (χ2v) is 10.5. The standard InChI is InChI=1S/C12H28ClN2O2P/c1-11(2,3)18(13,14)15-8-6-10-17-12(4,5)7-9-16/h16H,6-10H2,1-5H3,(H2,14,15). The summed E-state index contributed by atoms with van der Waals surface area (Å²) < 4.78 is 5.68. The highest BCUT2D eigenvalue weighted by Gasteiger charge is 2.29. The second kappa shape index (κ2) is 7.25. The lowest BCUT2D eigenvalue weighted by Crippen LogP contribution is -2.28. The predicted molar refractivity (Wildman–Crippen MR) is 79.6 cm³/mol. The van der Waals surface area contributed by atoms with E-state index in [1.54, 1.807) is 0 Å². The number of aliphatic hydroxyl groups excluding tert-OH is 1. The van der Waals surface area contributed by atoms with Crippen molar-refractivity contribution in [1.82, 2.24) is 5.09 Å². The van der Waals surface area contributed by atoms with Gasteiger partial charge in [-0.3, -0.25) is 10.2 Å². The molecule has 1 atom stereocenters. The van der Waals surface area contributed by atoms with Gasteiger partial charge in [0.2, 0.25) is 0 Å². The van der Waals surface area contributed by atoms with Gasteiger partial charge in [-0.2, -0.15) is 0 Å². The van der Waals surface area contributed by atoms with E-state index in [9.17, 15) is 0 Å². The average Bonchev–Trinajstić information content (AvgIpc) is 2.14. The van der Waals surface area contributed by atoms with Crippen LogP contribution < -0.4 is 5.09 Å². The van der Waals surface area contributed by atoms with E-state index in [-0.39, 0.29) is 17.4 Å². The van der Waals surface area contributed by atoms with Gasteiger partial charge in [0.15, 0.2) is 0 Å². The molecule has 6 heteroatoms. The van der Waals surface area contributed by atoms with Crippen molar-refractivity contribution in [2.75, 3.05) is 19.8 Å². The molecule has 0 aliphatic heterocycles. The number of hydrogen-bond acceptors (Lipinski definition) is 3. The Morgan fingerprint density at radius 1 is 1.28 bits per heavy atom. The normalized spacial score (nSPS) is 16.6. The third-order valence-electron chi connectivity index (χ3n) is 2.78. The van der Waals surface area contributed by atoms with E-state index < -0.39 is 6.56 Å². The van der Waals surface area contributed by atoms with Crippen molar-refractivity contribution in [1.29, 1.82) is 5.16 Å². The minimum atomic E-state index is -2.34. The number of nitrogens with one attached hydrogen (secondary N) is 2. The molecule has 0 saturated carbocycles. The van der Waals surface area contributed by atoms with Gasteiger partial charge in [0.25, 0.3) is 0 Å². The first-order valence-corrected chi connectivity index (χ1v) is 9.05. The van der Waals surface area contributed by atoms with Crippen molar-refractivity contribution in [2.24, 2.45) is 0 Å². The zero-order valence-corrected chi connectivity index (χ0v) is 13.9. The van der Waals surface area contributed by atoms with Gasteiger partial charge in [-0.1, -0.05) is 32.0 Å².